The summed E-state index contributed by atoms with van der Waals surface area (Å²) in [6.45, 7) is 12.2. The van der Waals surface area contributed by atoms with Gasteiger partial charge < -0.3 is 10.2 Å². The molecule has 2 unspecified atom stereocenters. The second-order valence-electron chi connectivity index (χ2n) is 6.09. The molecule has 0 aromatic heterocycles. The van der Waals surface area contributed by atoms with E-state index < -0.39 is 0 Å². The predicted octanol–water partition coefficient (Wildman–Crippen LogP) is 1.93. The molecular formula is C15H31N3. The van der Waals surface area contributed by atoms with Crippen LogP contribution in [0.4, 0.5) is 0 Å². The molecule has 2 heterocycles. The van der Waals surface area contributed by atoms with Gasteiger partial charge in [-0.15, -0.1) is 0 Å². The highest BCUT2D eigenvalue weighted by molar-refractivity contribution is 4.85. The van der Waals surface area contributed by atoms with Crippen LogP contribution < -0.4 is 5.32 Å². The van der Waals surface area contributed by atoms with Crippen molar-refractivity contribution in [3.05, 3.63) is 0 Å². The van der Waals surface area contributed by atoms with Crippen LogP contribution in [-0.2, 0) is 0 Å². The van der Waals surface area contributed by atoms with Gasteiger partial charge >= 0.3 is 0 Å². The summed E-state index contributed by atoms with van der Waals surface area (Å²) in [7, 11) is 0. The average molecular weight is 253 g/mol. The molecule has 0 spiro atoms. The van der Waals surface area contributed by atoms with E-state index >= 15 is 0 Å². The lowest BCUT2D eigenvalue weighted by Gasteiger charge is -2.44. The van der Waals surface area contributed by atoms with Crippen LogP contribution >= 0.6 is 0 Å². The number of piperazine rings is 1. The molecule has 2 rings (SSSR count). The fourth-order valence-corrected chi connectivity index (χ4v) is 3.50. The number of nitrogens with zero attached hydrogens (tertiary/aromatic N) is 2. The van der Waals surface area contributed by atoms with E-state index in [1.54, 1.807) is 0 Å². The minimum atomic E-state index is 0.686. The molecule has 2 aliphatic heterocycles. The first-order chi connectivity index (χ1) is 8.79. The smallest absolute Gasteiger partial charge is 0.0223 e. The molecule has 3 heteroatoms. The third-order valence-electron chi connectivity index (χ3n) is 4.59. The third-order valence-corrected chi connectivity index (χ3v) is 4.59. The predicted molar refractivity (Wildman–Crippen MR) is 78.0 cm³/mol. The van der Waals surface area contributed by atoms with Crippen LogP contribution in [0.25, 0.3) is 0 Å². The van der Waals surface area contributed by atoms with E-state index in [0.29, 0.717) is 6.04 Å². The normalized spacial score (nSPS) is 28.0. The molecular weight excluding hydrogens is 222 g/mol. The first-order valence-electron chi connectivity index (χ1n) is 7.99. The van der Waals surface area contributed by atoms with Crippen molar-refractivity contribution in [3.8, 4) is 0 Å². The summed E-state index contributed by atoms with van der Waals surface area (Å²) in [5, 5.41) is 3.50. The highest BCUT2D eigenvalue weighted by atomic mass is 15.3. The highest BCUT2D eigenvalue weighted by Crippen LogP contribution is 2.21. The van der Waals surface area contributed by atoms with Gasteiger partial charge in [0, 0.05) is 31.7 Å². The van der Waals surface area contributed by atoms with E-state index in [2.05, 4.69) is 29.0 Å². The second-order valence-corrected chi connectivity index (χ2v) is 6.09. The lowest BCUT2D eigenvalue weighted by atomic mass is 9.99. The van der Waals surface area contributed by atoms with Crippen molar-refractivity contribution in [3.63, 3.8) is 0 Å². The largest absolute Gasteiger partial charge is 0.315 e. The van der Waals surface area contributed by atoms with E-state index in [1.165, 1.54) is 64.8 Å². The van der Waals surface area contributed by atoms with Crippen LogP contribution in [0.3, 0.4) is 0 Å². The summed E-state index contributed by atoms with van der Waals surface area (Å²) in [6.07, 6.45) is 6.98. The van der Waals surface area contributed by atoms with Crippen LogP contribution in [0.15, 0.2) is 0 Å². The van der Waals surface area contributed by atoms with Gasteiger partial charge in [-0.3, -0.25) is 4.90 Å². The highest BCUT2D eigenvalue weighted by Gasteiger charge is 2.28. The number of rotatable bonds is 6. The maximum Gasteiger partial charge on any atom is 0.0223 e. The Kier molecular flexibility index (Phi) is 5.93. The van der Waals surface area contributed by atoms with Gasteiger partial charge in [-0.25, -0.2) is 0 Å². The Balaban J connectivity index is 1.62. The Morgan fingerprint density at radius 2 is 2.11 bits per heavy atom. The van der Waals surface area contributed by atoms with Crippen molar-refractivity contribution in [1.82, 2.24) is 15.1 Å². The maximum atomic E-state index is 3.50. The fraction of sp³-hybridized carbons (Fsp3) is 1.00. The third kappa shape index (κ3) is 4.22. The van der Waals surface area contributed by atoms with Crippen LogP contribution in [-0.4, -0.2) is 61.2 Å². The fourth-order valence-electron chi connectivity index (χ4n) is 3.50. The van der Waals surface area contributed by atoms with E-state index in [4.69, 9.17) is 0 Å². The molecule has 2 aliphatic rings. The van der Waals surface area contributed by atoms with Gasteiger partial charge in [0.2, 0.25) is 0 Å². The van der Waals surface area contributed by atoms with Crippen LogP contribution in [0, 0.1) is 0 Å². The topological polar surface area (TPSA) is 18.5 Å². The second kappa shape index (κ2) is 7.46. The Morgan fingerprint density at radius 1 is 1.22 bits per heavy atom. The minimum absolute atomic E-state index is 0.686. The van der Waals surface area contributed by atoms with Gasteiger partial charge in [0.05, 0.1) is 0 Å². The van der Waals surface area contributed by atoms with Gasteiger partial charge in [-0.05, 0) is 52.2 Å². The van der Waals surface area contributed by atoms with E-state index in [9.17, 15) is 0 Å². The number of piperidine rings is 1. The van der Waals surface area contributed by atoms with Gasteiger partial charge in [0.15, 0.2) is 0 Å². The zero-order valence-electron chi connectivity index (χ0n) is 12.3. The average Bonchev–Trinajstić information content (AvgIpc) is 2.39. The quantitative estimate of drug-likeness (QED) is 0.780. The van der Waals surface area contributed by atoms with Gasteiger partial charge in [0.25, 0.3) is 0 Å². The molecule has 2 fully saturated rings. The molecule has 18 heavy (non-hydrogen) atoms. The molecule has 0 aliphatic carbocycles. The number of hydrogen-bond donors (Lipinski definition) is 1. The molecule has 0 aromatic rings. The van der Waals surface area contributed by atoms with Crippen molar-refractivity contribution < 1.29 is 0 Å². The summed E-state index contributed by atoms with van der Waals surface area (Å²) in [6, 6.07) is 1.56. The number of fused-ring (bicyclic) bond motifs is 1. The van der Waals surface area contributed by atoms with Crippen molar-refractivity contribution in [2.24, 2.45) is 0 Å². The molecule has 106 valence electrons. The SMILES string of the molecule is CCNC(C)CCCN1CCN2CCCCC2C1. The molecule has 0 amide bonds. The first kappa shape index (κ1) is 14.3. The summed E-state index contributed by atoms with van der Waals surface area (Å²) < 4.78 is 0. The van der Waals surface area contributed by atoms with Crippen molar-refractivity contribution in [2.75, 3.05) is 39.3 Å². The lowest BCUT2D eigenvalue weighted by molar-refractivity contribution is 0.0484. The minimum Gasteiger partial charge on any atom is -0.315 e. The molecule has 1 N–H and O–H groups in total. The summed E-state index contributed by atoms with van der Waals surface area (Å²) in [5.74, 6) is 0. The van der Waals surface area contributed by atoms with E-state index in [1.807, 2.05) is 0 Å². The molecule has 0 radical (unpaired) electrons. The molecule has 2 saturated heterocycles. The zero-order chi connectivity index (χ0) is 12.8. The maximum absolute atomic E-state index is 3.50. The molecule has 3 nitrogen and oxygen atoms in total. The number of nitrogens with one attached hydrogen (secondary N) is 1. The van der Waals surface area contributed by atoms with E-state index in [-0.39, 0.29) is 0 Å². The van der Waals surface area contributed by atoms with Crippen LogP contribution in [0.2, 0.25) is 0 Å². The van der Waals surface area contributed by atoms with Gasteiger partial charge in [0.1, 0.15) is 0 Å². The number of hydrogen-bond acceptors (Lipinski definition) is 3. The molecule has 0 aromatic carbocycles. The van der Waals surface area contributed by atoms with Gasteiger partial charge in [-0.1, -0.05) is 13.3 Å². The van der Waals surface area contributed by atoms with Crippen LogP contribution in [0.5, 0.6) is 0 Å². The Hall–Kier alpha value is -0.120. The summed E-state index contributed by atoms with van der Waals surface area (Å²) >= 11 is 0. The monoisotopic (exact) mass is 253 g/mol. The summed E-state index contributed by atoms with van der Waals surface area (Å²) in [4.78, 5) is 5.42. The Labute approximate surface area is 113 Å². The molecule has 2 atom stereocenters. The van der Waals surface area contributed by atoms with Crippen molar-refractivity contribution >= 4 is 0 Å². The van der Waals surface area contributed by atoms with Crippen molar-refractivity contribution in [1.29, 1.82) is 0 Å². The lowest BCUT2D eigenvalue weighted by Crippen LogP contribution is -2.54. The Bertz CT molecular complexity index is 232. The summed E-state index contributed by atoms with van der Waals surface area (Å²) in [5.41, 5.74) is 0. The van der Waals surface area contributed by atoms with E-state index in [0.717, 1.165) is 12.6 Å². The standard InChI is InChI=1S/C15H31N3/c1-3-16-14(2)7-6-9-17-11-12-18-10-5-4-8-15(18)13-17/h14-16H,3-13H2,1-2H3. The Morgan fingerprint density at radius 3 is 2.94 bits per heavy atom. The van der Waals surface area contributed by atoms with Crippen molar-refractivity contribution in [2.45, 2.75) is 58.0 Å². The van der Waals surface area contributed by atoms with Crippen LogP contribution in [0.1, 0.15) is 46.0 Å². The molecule has 0 saturated carbocycles. The first-order valence-corrected chi connectivity index (χ1v) is 7.99. The molecule has 0 bridgehead atoms. The zero-order valence-corrected chi connectivity index (χ0v) is 12.3. The van der Waals surface area contributed by atoms with Gasteiger partial charge in [-0.2, -0.15) is 0 Å².